The van der Waals surface area contributed by atoms with Gasteiger partial charge in [0.25, 0.3) is 5.91 Å². The van der Waals surface area contributed by atoms with Crippen molar-refractivity contribution >= 4 is 11.9 Å². The van der Waals surface area contributed by atoms with Crippen molar-refractivity contribution in [3.05, 3.63) is 22.5 Å². The molecule has 0 saturated heterocycles. The maximum Gasteiger partial charge on any atom is 0.352 e. The molecule has 1 aliphatic rings. The van der Waals surface area contributed by atoms with Gasteiger partial charge in [-0.3, -0.25) is 4.79 Å². The van der Waals surface area contributed by atoms with Crippen LogP contribution in [0.1, 0.15) is 51.9 Å². The van der Waals surface area contributed by atoms with Crippen LogP contribution in [0.5, 0.6) is 0 Å². The van der Waals surface area contributed by atoms with E-state index in [9.17, 15) is 9.59 Å². The van der Waals surface area contributed by atoms with Gasteiger partial charge in [-0.25, -0.2) is 4.79 Å². The van der Waals surface area contributed by atoms with Gasteiger partial charge in [-0.15, -0.1) is 0 Å². The van der Waals surface area contributed by atoms with E-state index in [4.69, 9.17) is 5.11 Å². The Bertz CT molecular complexity index is 501. The minimum absolute atomic E-state index is 0.0567. The summed E-state index contributed by atoms with van der Waals surface area (Å²) in [7, 11) is 0. The monoisotopic (exact) mass is 250 g/mol. The SMILES string of the molecule is CCN(C(=O)c1c(C)[nH]c(C(=O)O)c1C)C1CC1. The highest BCUT2D eigenvalue weighted by Gasteiger charge is 2.34. The Morgan fingerprint density at radius 3 is 2.39 bits per heavy atom. The van der Waals surface area contributed by atoms with E-state index in [2.05, 4.69) is 4.98 Å². The number of carbonyl (C=O) groups is 2. The molecule has 98 valence electrons. The van der Waals surface area contributed by atoms with Crippen molar-refractivity contribution in [3.63, 3.8) is 0 Å². The molecule has 1 aliphatic carbocycles. The molecule has 5 nitrogen and oxygen atoms in total. The molecule has 18 heavy (non-hydrogen) atoms. The molecule has 2 rings (SSSR count). The van der Waals surface area contributed by atoms with E-state index >= 15 is 0 Å². The molecule has 0 bridgehead atoms. The quantitative estimate of drug-likeness (QED) is 0.857. The second kappa shape index (κ2) is 4.48. The number of nitrogens with one attached hydrogen (secondary N) is 1. The highest BCUT2D eigenvalue weighted by atomic mass is 16.4. The number of hydrogen-bond donors (Lipinski definition) is 2. The molecule has 2 N–H and O–H groups in total. The lowest BCUT2D eigenvalue weighted by Crippen LogP contribution is -2.33. The molecule has 0 unspecified atom stereocenters. The van der Waals surface area contributed by atoms with Gasteiger partial charge < -0.3 is 15.0 Å². The first-order chi connectivity index (χ1) is 8.47. The minimum Gasteiger partial charge on any atom is -0.477 e. The maximum absolute atomic E-state index is 12.4. The Hall–Kier alpha value is -1.78. The van der Waals surface area contributed by atoms with E-state index in [0.717, 1.165) is 12.8 Å². The van der Waals surface area contributed by atoms with Crippen molar-refractivity contribution in [1.29, 1.82) is 0 Å². The largest absolute Gasteiger partial charge is 0.477 e. The zero-order chi connectivity index (χ0) is 13.4. The number of amides is 1. The first-order valence-electron chi connectivity index (χ1n) is 6.20. The molecule has 1 amide bonds. The van der Waals surface area contributed by atoms with Crippen molar-refractivity contribution in [3.8, 4) is 0 Å². The molecule has 1 aromatic rings. The third-order valence-electron chi connectivity index (χ3n) is 3.45. The Morgan fingerprint density at radius 2 is 2.00 bits per heavy atom. The van der Waals surface area contributed by atoms with Crippen molar-refractivity contribution in [1.82, 2.24) is 9.88 Å². The molecular weight excluding hydrogens is 232 g/mol. The molecule has 0 radical (unpaired) electrons. The molecule has 1 fully saturated rings. The van der Waals surface area contributed by atoms with Crippen LogP contribution in [0.25, 0.3) is 0 Å². The Morgan fingerprint density at radius 1 is 1.39 bits per heavy atom. The number of aromatic amines is 1. The number of H-pyrrole nitrogens is 1. The lowest BCUT2D eigenvalue weighted by molar-refractivity contribution is 0.0690. The predicted molar refractivity (Wildman–Crippen MR) is 67.0 cm³/mol. The fourth-order valence-electron chi connectivity index (χ4n) is 2.38. The van der Waals surface area contributed by atoms with Crippen LogP contribution in [0.4, 0.5) is 0 Å². The topological polar surface area (TPSA) is 73.4 Å². The van der Waals surface area contributed by atoms with Gasteiger partial charge in [-0.05, 0) is 39.2 Å². The summed E-state index contributed by atoms with van der Waals surface area (Å²) in [6, 6.07) is 0.337. The number of carboxylic acids is 1. The predicted octanol–water partition coefficient (Wildman–Crippen LogP) is 1.95. The van der Waals surface area contributed by atoms with Gasteiger partial charge in [0.1, 0.15) is 5.69 Å². The van der Waals surface area contributed by atoms with Crippen molar-refractivity contribution in [2.75, 3.05) is 6.54 Å². The van der Waals surface area contributed by atoms with Crippen LogP contribution in [0.3, 0.4) is 0 Å². The zero-order valence-electron chi connectivity index (χ0n) is 10.9. The van der Waals surface area contributed by atoms with Gasteiger partial charge in [0, 0.05) is 18.3 Å². The van der Waals surface area contributed by atoms with Crippen LogP contribution in [-0.2, 0) is 0 Å². The highest BCUT2D eigenvalue weighted by molar-refractivity contribution is 6.01. The summed E-state index contributed by atoms with van der Waals surface area (Å²) >= 11 is 0. The number of nitrogens with zero attached hydrogens (tertiary/aromatic N) is 1. The smallest absolute Gasteiger partial charge is 0.352 e. The van der Waals surface area contributed by atoms with E-state index in [1.807, 2.05) is 11.8 Å². The minimum atomic E-state index is -1.02. The van der Waals surface area contributed by atoms with Crippen molar-refractivity contribution in [2.45, 2.75) is 39.7 Å². The Balaban J connectivity index is 2.38. The lowest BCUT2D eigenvalue weighted by atomic mass is 10.1. The van der Waals surface area contributed by atoms with Crippen LogP contribution in [-0.4, -0.2) is 39.5 Å². The fourth-order valence-corrected chi connectivity index (χ4v) is 2.38. The lowest BCUT2D eigenvalue weighted by Gasteiger charge is -2.20. The zero-order valence-corrected chi connectivity index (χ0v) is 10.9. The van der Waals surface area contributed by atoms with E-state index in [1.54, 1.807) is 13.8 Å². The number of hydrogen-bond acceptors (Lipinski definition) is 2. The number of aromatic carboxylic acids is 1. The normalized spacial score (nSPS) is 14.6. The summed E-state index contributed by atoms with van der Waals surface area (Å²) in [4.78, 5) is 28.1. The highest BCUT2D eigenvalue weighted by Crippen LogP contribution is 2.29. The Labute approximate surface area is 106 Å². The molecule has 1 aromatic heterocycles. The second-order valence-electron chi connectivity index (χ2n) is 4.75. The first kappa shape index (κ1) is 12.7. The molecule has 5 heteroatoms. The standard InChI is InChI=1S/C13H18N2O3/c1-4-15(9-5-6-9)12(16)10-7(2)11(13(17)18)14-8(10)3/h9,14H,4-6H2,1-3H3,(H,17,18). The van der Waals surface area contributed by atoms with Crippen LogP contribution < -0.4 is 0 Å². The van der Waals surface area contributed by atoms with Crippen LogP contribution in [0.15, 0.2) is 0 Å². The van der Waals surface area contributed by atoms with Gasteiger partial charge in [-0.2, -0.15) is 0 Å². The molecular formula is C13H18N2O3. The van der Waals surface area contributed by atoms with Crippen LogP contribution >= 0.6 is 0 Å². The average Bonchev–Trinajstić information content (AvgIpc) is 3.06. The number of aryl methyl sites for hydroxylation is 1. The van der Waals surface area contributed by atoms with Gasteiger partial charge in [-0.1, -0.05) is 0 Å². The number of carbonyl (C=O) groups excluding carboxylic acids is 1. The molecule has 0 aliphatic heterocycles. The van der Waals surface area contributed by atoms with Gasteiger partial charge >= 0.3 is 5.97 Å². The number of aromatic nitrogens is 1. The second-order valence-corrected chi connectivity index (χ2v) is 4.75. The van der Waals surface area contributed by atoms with E-state index < -0.39 is 5.97 Å². The van der Waals surface area contributed by atoms with Gasteiger partial charge in [0.15, 0.2) is 0 Å². The third kappa shape index (κ3) is 2.00. The molecule has 1 saturated carbocycles. The van der Waals surface area contributed by atoms with Gasteiger partial charge in [0.2, 0.25) is 0 Å². The summed E-state index contributed by atoms with van der Waals surface area (Å²) in [6.07, 6.45) is 2.10. The molecule has 0 spiro atoms. The maximum atomic E-state index is 12.4. The molecule has 0 atom stereocenters. The van der Waals surface area contributed by atoms with Crippen molar-refractivity contribution < 1.29 is 14.7 Å². The van der Waals surface area contributed by atoms with Crippen LogP contribution in [0, 0.1) is 13.8 Å². The van der Waals surface area contributed by atoms with E-state index in [1.165, 1.54) is 0 Å². The summed E-state index contributed by atoms with van der Waals surface area (Å²) in [5.41, 5.74) is 1.79. The average molecular weight is 250 g/mol. The summed E-state index contributed by atoms with van der Waals surface area (Å²) in [5, 5.41) is 9.05. The Kier molecular flexibility index (Phi) is 3.15. The summed E-state index contributed by atoms with van der Waals surface area (Å²) < 4.78 is 0. The molecule has 1 heterocycles. The summed E-state index contributed by atoms with van der Waals surface area (Å²) in [6.45, 7) is 6.04. The van der Waals surface area contributed by atoms with E-state index in [0.29, 0.717) is 29.4 Å². The number of rotatable bonds is 4. The fraction of sp³-hybridized carbons (Fsp3) is 0.538. The molecule has 0 aromatic carbocycles. The van der Waals surface area contributed by atoms with Crippen molar-refractivity contribution in [2.24, 2.45) is 0 Å². The number of carboxylic acid groups (broad SMARTS) is 1. The summed E-state index contributed by atoms with van der Waals surface area (Å²) in [5.74, 6) is -1.08. The van der Waals surface area contributed by atoms with E-state index in [-0.39, 0.29) is 11.6 Å². The van der Waals surface area contributed by atoms with Crippen LogP contribution in [0.2, 0.25) is 0 Å². The van der Waals surface area contributed by atoms with Gasteiger partial charge in [0.05, 0.1) is 5.56 Å². The first-order valence-corrected chi connectivity index (χ1v) is 6.20. The third-order valence-corrected chi connectivity index (χ3v) is 3.45.